The minimum atomic E-state index is -0.257. The van der Waals surface area contributed by atoms with Crippen LogP contribution in [0.5, 0.6) is 0 Å². The van der Waals surface area contributed by atoms with Crippen molar-refractivity contribution in [3.63, 3.8) is 0 Å². The van der Waals surface area contributed by atoms with Gasteiger partial charge in [-0.2, -0.15) is 0 Å². The van der Waals surface area contributed by atoms with Gasteiger partial charge in [-0.3, -0.25) is 4.90 Å². The zero-order valence-electron chi connectivity index (χ0n) is 4.04. The highest BCUT2D eigenvalue weighted by Gasteiger charge is 2.29. The van der Waals surface area contributed by atoms with Gasteiger partial charge in [0.25, 0.3) is 0 Å². The molecule has 0 amide bonds. The normalized spacial score (nSPS) is 38.6. The summed E-state index contributed by atoms with van der Waals surface area (Å²) in [4.78, 5) is 1.78. The Bertz CT molecular complexity index is 66.7. The van der Waals surface area contributed by atoms with E-state index >= 15 is 0 Å². The molecule has 0 bridgehead atoms. The summed E-state index contributed by atoms with van der Waals surface area (Å²) in [6.45, 7) is 1.50. The molecule has 1 saturated heterocycles. The van der Waals surface area contributed by atoms with Gasteiger partial charge in [0.05, 0.1) is 6.61 Å². The second-order valence-corrected chi connectivity index (χ2v) is 1.70. The second-order valence-electron chi connectivity index (χ2n) is 1.70. The van der Waals surface area contributed by atoms with Gasteiger partial charge in [0.1, 0.15) is 6.23 Å². The highest BCUT2D eigenvalue weighted by molar-refractivity contribution is 4.77. The lowest BCUT2D eigenvalue weighted by Gasteiger charge is -1.91. The Morgan fingerprint density at radius 2 is 2.29 bits per heavy atom. The Morgan fingerprint density at radius 1 is 1.71 bits per heavy atom. The number of aliphatic hydroxyl groups excluding tert-OH is 2. The Balaban J connectivity index is 1.98. The number of aliphatic hydroxyl groups is 2. The molecule has 0 aromatic rings. The summed E-state index contributed by atoms with van der Waals surface area (Å²) in [6, 6.07) is 0. The molecule has 1 heterocycles. The molecule has 3 nitrogen and oxygen atoms in total. The molecule has 2 unspecified atom stereocenters. The first-order chi connectivity index (χ1) is 3.34. The summed E-state index contributed by atoms with van der Waals surface area (Å²) in [6.07, 6.45) is -0.257. The van der Waals surface area contributed by atoms with Crippen LogP contribution in [-0.2, 0) is 0 Å². The van der Waals surface area contributed by atoms with Gasteiger partial charge >= 0.3 is 0 Å². The topological polar surface area (TPSA) is 43.5 Å². The van der Waals surface area contributed by atoms with Crippen LogP contribution in [0.15, 0.2) is 0 Å². The van der Waals surface area contributed by atoms with E-state index in [9.17, 15) is 0 Å². The maximum atomic E-state index is 8.57. The summed E-state index contributed by atoms with van der Waals surface area (Å²) >= 11 is 0. The summed E-state index contributed by atoms with van der Waals surface area (Å²) in [7, 11) is 0. The Kier molecular flexibility index (Phi) is 1.27. The molecule has 1 aliphatic heterocycles. The standard InChI is InChI=1S/C4H9NO2/c6-2-1-5-3-4(5)7/h4,6-7H,1-3H2. The molecule has 0 aromatic carbocycles. The van der Waals surface area contributed by atoms with Gasteiger partial charge in [-0.1, -0.05) is 0 Å². The molecule has 1 rings (SSSR count). The van der Waals surface area contributed by atoms with Crippen molar-refractivity contribution < 1.29 is 10.2 Å². The summed E-state index contributed by atoms with van der Waals surface area (Å²) in [5, 5.41) is 16.8. The van der Waals surface area contributed by atoms with Gasteiger partial charge < -0.3 is 10.2 Å². The number of β-amino-alcohol motifs (C(OH)–C–C–N with tert-alkyl or cyclic N) is 2. The van der Waals surface area contributed by atoms with E-state index in [2.05, 4.69) is 0 Å². The average molecular weight is 103 g/mol. The van der Waals surface area contributed by atoms with E-state index in [-0.39, 0.29) is 12.8 Å². The van der Waals surface area contributed by atoms with Crippen LogP contribution in [0.3, 0.4) is 0 Å². The van der Waals surface area contributed by atoms with Crippen LogP contribution in [0.1, 0.15) is 0 Å². The summed E-state index contributed by atoms with van der Waals surface area (Å²) in [5.41, 5.74) is 0. The zero-order chi connectivity index (χ0) is 5.28. The molecule has 0 aliphatic carbocycles. The van der Waals surface area contributed by atoms with Gasteiger partial charge in [-0.05, 0) is 0 Å². The van der Waals surface area contributed by atoms with E-state index in [0.717, 1.165) is 6.54 Å². The molecular formula is C4H9NO2. The van der Waals surface area contributed by atoms with Crippen LogP contribution >= 0.6 is 0 Å². The molecule has 0 radical (unpaired) electrons. The van der Waals surface area contributed by atoms with Crippen LogP contribution in [0.4, 0.5) is 0 Å². The smallest absolute Gasteiger partial charge is 0.120 e. The third-order valence-electron chi connectivity index (χ3n) is 1.07. The fraction of sp³-hybridized carbons (Fsp3) is 1.00. The second kappa shape index (κ2) is 1.78. The molecule has 7 heavy (non-hydrogen) atoms. The van der Waals surface area contributed by atoms with E-state index in [1.807, 2.05) is 0 Å². The van der Waals surface area contributed by atoms with Gasteiger partial charge in [-0.15, -0.1) is 0 Å². The quantitative estimate of drug-likeness (QED) is 0.423. The van der Waals surface area contributed by atoms with Crippen LogP contribution in [0, 0.1) is 0 Å². The third kappa shape index (κ3) is 1.12. The lowest BCUT2D eigenvalue weighted by atomic mass is 10.7. The van der Waals surface area contributed by atoms with Crippen molar-refractivity contribution in [3.05, 3.63) is 0 Å². The maximum absolute atomic E-state index is 8.57. The van der Waals surface area contributed by atoms with Crippen molar-refractivity contribution in [1.82, 2.24) is 4.90 Å². The molecule has 2 atom stereocenters. The predicted octanol–water partition coefficient (Wildman–Crippen LogP) is -1.39. The largest absolute Gasteiger partial charge is 0.395 e. The first kappa shape index (κ1) is 5.03. The molecule has 2 N–H and O–H groups in total. The number of nitrogens with zero attached hydrogens (tertiary/aromatic N) is 1. The van der Waals surface area contributed by atoms with Gasteiger partial charge in [0.2, 0.25) is 0 Å². The van der Waals surface area contributed by atoms with Crippen molar-refractivity contribution in [2.75, 3.05) is 19.7 Å². The average Bonchev–Trinajstić information content (AvgIpc) is 2.22. The van der Waals surface area contributed by atoms with Crippen molar-refractivity contribution >= 4 is 0 Å². The monoisotopic (exact) mass is 103 g/mol. The van der Waals surface area contributed by atoms with E-state index < -0.39 is 0 Å². The minimum absolute atomic E-state index is 0.150. The molecule has 42 valence electrons. The predicted molar refractivity (Wildman–Crippen MR) is 24.7 cm³/mol. The Labute approximate surface area is 42.2 Å². The number of hydrogen-bond acceptors (Lipinski definition) is 3. The van der Waals surface area contributed by atoms with Gasteiger partial charge in [-0.25, -0.2) is 0 Å². The molecule has 0 aromatic heterocycles. The van der Waals surface area contributed by atoms with E-state index in [0.29, 0.717) is 6.54 Å². The highest BCUT2D eigenvalue weighted by atomic mass is 16.3. The van der Waals surface area contributed by atoms with Crippen LogP contribution in [0.25, 0.3) is 0 Å². The molecule has 0 saturated carbocycles. The molecular weight excluding hydrogens is 94.0 g/mol. The van der Waals surface area contributed by atoms with Crippen molar-refractivity contribution in [1.29, 1.82) is 0 Å². The van der Waals surface area contributed by atoms with Gasteiger partial charge in [0.15, 0.2) is 0 Å². The van der Waals surface area contributed by atoms with Crippen molar-refractivity contribution in [3.8, 4) is 0 Å². The molecule has 1 fully saturated rings. The zero-order valence-corrected chi connectivity index (χ0v) is 4.04. The van der Waals surface area contributed by atoms with Crippen LogP contribution < -0.4 is 0 Å². The van der Waals surface area contributed by atoms with Crippen LogP contribution in [0.2, 0.25) is 0 Å². The van der Waals surface area contributed by atoms with E-state index in [1.165, 1.54) is 0 Å². The first-order valence-electron chi connectivity index (χ1n) is 2.37. The minimum Gasteiger partial charge on any atom is -0.395 e. The Hall–Kier alpha value is -0.120. The summed E-state index contributed by atoms with van der Waals surface area (Å²) in [5.74, 6) is 0. The third-order valence-corrected chi connectivity index (χ3v) is 1.07. The lowest BCUT2D eigenvalue weighted by Crippen LogP contribution is -2.06. The van der Waals surface area contributed by atoms with Gasteiger partial charge in [0, 0.05) is 13.1 Å². The highest BCUT2D eigenvalue weighted by Crippen LogP contribution is 2.10. The van der Waals surface area contributed by atoms with Crippen LogP contribution in [-0.4, -0.2) is 41.0 Å². The molecule has 0 spiro atoms. The summed E-state index contributed by atoms with van der Waals surface area (Å²) < 4.78 is 0. The number of rotatable bonds is 2. The molecule has 3 heteroatoms. The maximum Gasteiger partial charge on any atom is 0.120 e. The fourth-order valence-corrected chi connectivity index (χ4v) is 0.531. The first-order valence-corrected chi connectivity index (χ1v) is 2.37. The molecule has 1 aliphatic rings. The Morgan fingerprint density at radius 3 is 2.43 bits per heavy atom. The van der Waals surface area contributed by atoms with E-state index in [4.69, 9.17) is 10.2 Å². The van der Waals surface area contributed by atoms with Crippen molar-refractivity contribution in [2.45, 2.75) is 6.23 Å². The van der Waals surface area contributed by atoms with Crippen molar-refractivity contribution in [2.24, 2.45) is 0 Å². The van der Waals surface area contributed by atoms with E-state index in [1.54, 1.807) is 4.90 Å². The fourth-order valence-electron chi connectivity index (χ4n) is 0.531. The number of hydrogen-bond donors (Lipinski definition) is 2. The SMILES string of the molecule is OCCN1CC1O. The lowest BCUT2D eigenvalue weighted by molar-refractivity contribution is 0.185.